The molecule has 0 atom stereocenters. The molecule has 0 amide bonds. The lowest BCUT2D eigenvalue weighted by Crippen LogP contribution is -2.08. The van der Waals surface area contributed by atoms with Crippen LogP contribution in [0.3, 0.4) is 0 Å². The van der Waals surface area contributed by atoms with Gasteiger partial charge in [0, 0.05) is 43.1 Å². The summed E-state index contributed by atoms with van der Waals surface area (Å²) in [5.41, 5.74) is 1.14. The van der Waals surface area contributed by atoms with Crippen LogP contribution in [0.1, 0.15) is 11.1 Å². The fraction of sp³-hybridized carbons (Fsp3) is 0.0667. The first-order chi connectivity index (χ1) is 16.4. The fourth-order valence-electron chi connectivity index (χ4n) is 6.69. The van der Waals surface area contributed by atoms with Crippen molar-refractivity contribution < 1.29 is 10.2 Å². The zero-order valence-corrected chi connectivity index (χ0v) is 18.3. The second-order valence-electron chi connectivity index (χ2n) is 9.54. The molecule has 0 heterocycles. The van der Waals surface area contributed by atoms with Gasteiger partial charge in [0.1, 0.15) is 11.5 Å². The molecule has 0 bridgehead atoms. The molecule has 0 fully saturated rings. The summed E-state index contributed by atoms with van der Waals surface area (Å²) in [7, 11) is 0. The van der Waals surface area contributed by atoms with E-state index in [1.807, 2.05) is 50.2 Å². The molecule has 0 aliphatic heterocycles. The van der Waals surface area contributed by atoms with Gasteiger partial charge >= 0.3 is 0 Å². The summed E-state index contributed by atoms with van der Waals surface area (Å²) in [4.78, 5) is 26.6. The van der Waals surface area contributed by atoms with Crippen molar-refractivity contribution in [2.45, 2.75) is 13.8 Å². The Labute approximate surface area is 191 Å². The van der Waals surface area contributed by atoms with E-state index in [9.17, 15) is 19.8 Å². The van der Waals surface area contributed by atoms with Crippen LogP contribution in [0.15, 0.2) is 58.1 Å². The fourth-order valence-corrected chi connectivity index (χ4v) is 6.69. The lowest BCUT2D eigenvalue weighted by molar-refractivity contribution is 0.487. The molecule has 4 nitrogen and oxygen atoms in total. The molecule has 4 heteroatoms. The minimum absolute atomic E-state index is 0.00551. The molecule has 34 heavy (non-hydrogen) atoms. The summed E-state index contributed by atoms with van der Waals surface area (Å²) in [5.74, 6) is -0.0110. The van der Waals surface area contributed by atoms with E-state index in [2.05, 4.69) is 0 Å². The summed E-state index contributed by atoms with van der Waals surface area (Å²) in [6.07, 6.45) is 0. The molecule has 0 aromatic heterocycles. The zero-order chi connectivity index (χ0) is 23.2. The predicted molar refractivity (Wildman–Crippen MR) is 139 cm³/mol. The maximum Gasteiger partial charge on any atom is 0.190 e. The lowest BCUT2D eigenvalue weighted by atomic mass is 9.78. The number of hydrogen-bond donors (Lipinski definition) is 2. The highest BCUT2D eigenvalue weighted by atomic mass is 16.3. The number of phenolic OH excluding ortho intramolecular Hbond substituents is 2. The van der Waals surface area contributed by atoms with Gasteiger partial charge in [0.2, 0.25) is 0 Å². The van der Waals surface area contributed by atoms with Crippen molar-refractivity contribution in [3.8, 4) is 11.5 Å². The smallest absolute Gasteiger partial charge is 0.190 e. The van der Waals surface area contributed by atoms with Gasteiger partial charge in [-0.15, -0.1) is 0 Å². The SMILES string of the molecule is Cc1cc(=O)c2c(O)c3cccc4c5cccc6c(O)c7c(=O)cc(C)c8c1c2c(c34)c(c65)c78. The van der Waals surface area contributed by atoms with Crippen LogP contribution < -0.4 is 10.9 Å². The molecular formula is C30H16O4. The summed E-state index contributed by atoms with van der Waals surface area (Å²) in [6.45, 7) is 3.79. The van der Waals surface area contributed by atoms with E-state index in [-0.39, 0.29) is 22.4 Å². The van der Waals surface area contributed by atoms with Crippen molar-refractivity contribution in [3.05, 3.63) is 80.1 Å². The Morgan fingerprint density at radius 2 is 0.824 bits per heavy atom. The Morgan fingerprint density at radius 1 is 0.471 bits per heavy atom. The zero-order valence-electron chi connectivity index (χ0n) is 18.3. The number of rotatable bonds is 0. The Hall–Kier alpha value is -4.44. The molecule has 8 rings (SSSR count). The average Bonchev–Trinajstić information content (AvgIpc) is 2.81. The molecule has 0 radical (unpaired) electrons. The van der Waals surface area contributed by atoms with Crippen LogP contribution in [0.2, 0.25) is 0 Å². The number of fused-ring (bicyclic) bond motifs is 2. The Morgan fingerprint density at radius 3 is 1.24 bits per heavy atom. The molecule has 8 aromatic rings. The highest BCUT2D eigenvalue weighted by molar-refractivity contribution is 6.50. The first-order valence-electron chi connectivity index (χ1n) is 11.2. The number of aryl methyl sites for hydroxylation is 2. The van der Waals surface area contributed by atoms with Gasteiger partial charge in [-0.3, -0.25) is 9.59 Å². The number of hydrogen-bond acceptors (Lipinski definition) is 4. The van der Waals surface area contributed by atoms with Gasteiger partial charge in [-0.05, 0) is 58.7 Å². The van der Waals surface area contributed by atoms with Gasteiger partial charge in [0.25, 0.3) is 0 Å². The van der Waals surface area contributed by atoms with E-state index in [1.54, 1.807) is 12.1 Å². The van der Waals surface area contributed by atoms with E-state index < -0.39 is 0 Å². The number of phenols is 2. The number of aromatic hydroxyl groups is 2. The first kappa shape index (κ1) is 18.0. The largest absolute Gasteiger partial charge is 0.507 e. The minimum Gasteiger partial charge on any atom is -0.507 e. The van der Waals surface area contributed by atoms with Crippen LogP contribution in [0, 0.1) is 13.8 Å². The van der Waals surface area contributed by atoms with Crippen LogP contribution in [0.25, 0.3) is 75.4 Å². The predicted octanol–water partition coefficient (Wildman–Crippen LogP) is 6.26. The Balaban J connectivity index is 2.02. The standard InChI is InChI=1S/C30H16O4/c1-11-9-17(31)23-25-19(11)20-12(2)10-18(32)24-26(20)28-22-14(6-4-8-16(22)30(24)34)13-5-3-7-15(29(23)33)21(13)27(25)28/h3-10,33-34H,1-2H3. The lowest BCUT2D eigenvalue weighted by Gasteiger charge is -2.24. The average molecular weight is 440 g/mol. The molecule has 2 N–H and O–H groups in total. The van der Waals surface area contributed by atoms with Gasteiger partial charge in [0.05, 0.1) is 10.8 Å². The first-order valence-corrected chi connectivity index (χ1v) is 11.2. The molecule has 160 valence electrons. The van der Waals surface area contributed by atoms with E-state index >= 15 is 0 Å². The second kappa shape index (κ2) is 5.37. The third-order valence-corrected chi connectivity index (χ3v) is 7.88. The van der Waals surface area contributed by atoms with Crippen LogP contribution in [0.4, 0.5) is 0 Å². The minimum atomic E-state index is -0.219. The van der Waals surface area contributed by atoms with Crippen molar-refractivity contribution in [3.63, 3.8) is 0 Å². The van der Waals surface area contributed by atoms with Crippen LogP contribution >= 0.6 is 0 Å². The van der Waals surface area contributed by atoms with Crippen molar-refractivity contribution in [1.29, 1.82) is 0 Å². The highest BCUT2D eigenvalue weighted by Gasteiger charge is 2.29. The van der Waals surface area contributed by atoms with E-state index in [0.29, 0.717) is 21.5 Å². The highest BCUT2D eigenvalue weighted by Crippen LogP contribution is 2.54. The third kappa shape index (κ3) is 1.68. The van der Waals surface area contributed by atoms with Gasteiger partial charge in [-0.1, -0.05) is 36.4 Å². The van der Waals surface area contributed by atoms with Gasteiger partial charge in [0.15, 0.2) is 10.9 Å². The van der Waals surface area contributed by atoms with Gasteiger partial charge in [-0.2, -0.15) is 0 Å². The van der Waals surface area contributed by atoms with Crippen molar-refractivity contribution in [1.82, 2.24) is 0 Å². The Bertz CT molecular complexity index is 2130. The topological polar surface area (TPSA) is 74.6 Å². The molecule has 0 aliphatic rings. The summed E-state index contributed by atoms with van der Waals surface area (Å²) < 4.78 is 0. The number of benzene rings is 8. The van der Waals surface area contributed by atoms with Crippen LogP contribution in [-0.4, -0.2) is 10.2 Å². The van der Waals surface area contributed by atoms with Crippen molar-refractivity contribution in [2.24, 2.45) is 0 Å². The maximum atomic E-state index is 13.3. The molecule has 0 aliphatic carbocycles. The van der Waals surface area contributed by atoms with E-state index in [4.69, 9.17) is 0 Å². The van der Waals surface area contributed by atoms with E-state index in [0.717, 1.165) is 65.0 Å². The summed E-state index contributed by atoms with van der Waals surface area (Å²) >= 11 is 0. The molecule has 0 spiro atoms. The maximum absolute atomic E-state index is 13.3. The van der Waals surface area contributed by atoms with Gasteiger partial charge < -0.3 is 10.2 Å². The molecule has 0 saturated heterocycles. The van der Waals surface area contributed by atoms with E-state index in [1.165, 1.54) is 0 Å². The monoisotopic (exact) mass is 440 g/mol. The summed E-state index contributed by atoms with van der Waals surface area (Å²) in [5, 5.41) is 33.2. The second-order valence-corrected chi connectivity index (χ2v) is 9.54. The van der Waals surface area contributed by atoms with Crippen molar-refractivity contribution >= 4 is 75.4 Å². The normalized spacial score (nSPS) is 12.9. The quantitative estimate of drug-likeness (QED) is 0.216. The van der Waals surface area contributed by atoms with Crippen molar-refractivity contribution in [2.75, 3.05) is 0 Å². The van der Waals surface area contributed by atoms with Crippen LogP contribution in [-0.2, 0) is 0 Å². The summed E-state index contributed by atoms with van der Waals surface area (Å²) in [6, 6.07) is 14.6. The molecule has 0 unspecified atom stereocenters. The molecule has 8 aromatic carbocycles. The van der Waals surface area contributed by atoms with Crippen LogP contribution in [0.5, 0.6) is 11.5 Å². The molecular weight excluding hydrogens is 424 g/mol. The molecule has 0 saturated carbocycles. The third-order valence-electron chi connectivity index (χ3n) is 7.88. The Kier molecular flexibility index (Phi) is 2.85. The van der Waals surface area contributed by atoms with Gasteiger partial charge in [-0.25, -0.2) is 0 Å².